The molecule has 0 aliphatic rings. The first-order valence-corrected chi connectivity index (χ1v) is 5.69. The minimum Gasteiger partial charge on any atom is -0.488 e. The molecular weight excluding hydrogens is 271 g/mol. The Morgan fingerprint density at radius 1 is 1.25 bits per heavy atom. The highest BCUT2D eigenvalue weighted by Gasteiger charge is 2.34. The highest BCUT2D eigenvalue weighted by atomic mass is 19.4. The molecular formula is C14H10F3NO2. The molecule has 0 amide bonds. The van der Waals surface area contributed by atoms with Crippen molar-refractivity contribution >= 4 is 6.29 Å². The molecule has 0 saturated heterocycles. The molecule has 1 aromatic heterocycles. The van der Waals surface area contributed by atoms with Crippen LogP contribution < -0.4 is 4.74 Å². The van der Waals surface area contributed by atoms with Crippen molar-refractivity contribution in [2.75, 3.05) is 0 Å². The van der Waals surface area contributed by atoms with Crippen molar-refractivity contribution < 1.29 is 22.7 Å². The zero-order chi connectivity index (χ0) is 14.6. The van der Waals surface area contributed by atoms with E-state index in [1.54, 1.807) is 18.3 Å². The Kier molecular flexibility index (Phi) is 4.02. The largest absolute Gasteiger partial charge is 0.488 e. The van der Waals surface area contributed by atoms with Crippen molar-refractivity contribution in [1.82, 2.24) is 4.98 Å². The molecule has 2 rings (SSSR count). The maximum atomic E-state index is 12.9. The number of halogens is 3. The summed E-state index contributed by atoms with van der Waals surface area (Å²) in [5, 5.41) is 0. The molecule has 0 bridgehead atoms. The van der Waals surface area contributed by atoms with E-state index in [0.717, 1.165) is 12.1 Å². The van der Waals surface area contributed by atoms with Gasteiger partial charge in [-0.1, -0.05) is 6.07 Å². The van der Waals surface area contributed by atoms with Gasteiger partial charge in [0.1, 0.15) is 18.6 Å². The van der Waals surface area contributed by atoms with E-state index in [2.05, 4.69) is 4.98 Å². The molecule has 0 fully saturated rings. The van der Waals surface area contributed by atoms with Crippen molar-refractivity contribution in [2.45, 2.75) is 12.8 Å². The van der Waals surface area contributed by atoms with Gasteiger partial charge < -0.3 is 4.74 Å². The highest BCUT2D eigenvalue weighted by Crippen LogP contribution is 2.36. The number of hydrogen-bond donors (Lipinski definition) is 0. The second-order valence-electron chi connectivity index (χ2n) is 4.02. The summed E-state index contributed by atoms with van der Waals surface area (Å²) in [5.41, 5.74) is -0.364. The van der Waals surface area contributed by atoms with Gasteiger partial charge in [-0.25, -0.2) is 0 Å². The number of alkyl halides is 3. The normalized spacial score (nSPS) is 11.2. The van der Waals surface area contributed by atoms with Gasteiger partial charge in [-0.2, -0.15) is 13.2 Å². The predicted molar refractivity (Wildman–Crippen MR) is 65.4 cm³/mol. The summed E-state index contributed by atoms with van der Waals surface area (Å²) in [6.07, 6.45) is -1.15. The van der Waals surface area contributed by atoms with Crippen LogP contribution in [-0.4, -0.2) is 11.3 Å². The average Bonchev–Trinajstić information content (AvgIpc) is 2.45. The van der Waals surface area contributed by atoms with Gasteiger partial charge in [-0.15, -0.1) is 0 Å². The van der Waals surface area contributed by atoms with Gasteiger partial charge in [0, 0.05) is 23.5 Å². The molecule has 0 unspecified atom stereocenters. The summed E-state index contributed by atoms with van der Waals surface area (Å²) >= 11 is 0. The molecule has 0 aliphatic heterocycles. The van der Waals surface area contributed by atoms with Gasteiger partial charge in [-0.05, 0) is 24.3 Å². The summed E-state index contributed by atoms with van der Waals surface area (Å²) in [6, 6.07) is 6.55. The fraction of sp³-hybridized carbons (Fsp3) is 0.143. The third-order valence-corrected chi connectivity index (χ3v) is 2.56. The number of rotatable bonds is 4. The molecule has 3 nitrogen and oxygen atoms in total. The van der Waals surface area contributed by atoms with Crippen LogP contribution in [0.4, 0.5) is 13.2 Å². The van der Waals surface area contributed by atoms with E-state index in [4.69, 9.17) is 4.74 Å². The predicted octanol–water partition coefficient (Wildman–Crippen LogP) is 3.49. The number of carbonyl (C=O) groups is 1. The SMILES string of the molecule is O=Cc1ccc(OCc2cccnc2)c(C(F)(F)F)c1. The van der Waals surface area contributed by atoms with Crippen LogP contribution in [0.2, 0.25) is 0 Å². The van der Waals surface area contributed by atoms with E-state index in [9.17, 15) is 18.0 Å². The number of ether oxygens (including phenoxy) is 1. The lowest BCUT2D eigenvalue weighted by Crippen LogP contribution is -2.09. The maximum absolute atomic E-state index is 12.9. The summed E-state index contributed by atoms with van der Waals surface area (Å²) in [7, 11) is 0. The summed E-state index contributed by atoms with van der Waals surface area (Å²) < 4.78 is 43.8. The Labute approximate surface area is 113 Å². The number of aromatic nitrogens is 1. The summed E-state index contributed by atoms with van der Waals surface area (Å²) in [6.45, 7) is -0.0304. The number of carbonyl (C=O) groups excluding carboxylic acids is 1. The topological polar surface area (TPSA) is 39.2 Å². The van der Waals surface area contributed by atoms with Gasteiger partial charge in [-0.3, -0.25) is 9.78 Å². The molecule has 0 spiro atoms. The first-order chi connectivity index (χ1) is 9.50. The Morgan fingerprint density at radius 3 is 2.65 bits per heavy atom. The molecule has 2 aromatic rings. The first-order valence-electron chi connectivity index (χ1n) is 5.69. The third-order valence-electron chi connectivity index (χ3n) is 2.56. The second kappa shape index (κ2) is 5.73. The minimum atomic E-state index is -4.58. The number of benzene rings is 1. The van der Waals surface area contributed by atoms with Gasteiger partial charge in [0.15, 0.2) is 0 Å². The van der Waals surface area contributed by atoms with Crippen LogP contribution in [0.1, 0.15) is 21.5 Å². The van der Waals surface area contributed by atoms with E-state index in [1.165, 1.54) is 12.3 Å². The monoisotopic (exact) mass is 281 g/mol. The molecule has 20 heavy (non-hydrogen) atoms. The Bertz CT molecular complexity index is 597. The fourth-order valence-electron chi connectivity index (χ4n) is 1.61. The third kappa shape index (κ3) is 3.34. The van der Waals surface area contributed by atoms with Crippen LogP contribution in [0.15, 0.2) is 42.7 Å². The Balaban J connectivity index is 2.25. The highest BCUT2D eigenvalue weighted by molar-refractivity contribution is 5.75. The van der Waals surface area contributed by atoms with Crippen molar-refractivity contribution in [3.05, 3.63) is 59.4 Å². The molecule has 1 aromatic carbocycles. The summed E-state index contributed by atoms with van der Waals surface area (Å²) in [4.78, 5) is 14.4. The van der Waals surface area contributed by atoms with Crippen LogP contribution in [0.5, 0.6) is 5.75 Å². The molecule has 104 valence electrons. The number of pyridine rings is 1. The van der Waals surface area contributed by atoms with Crippen LogP contribution in [0.3, 0.4) is 0 Å². The van der Waals surface area contributed by atoms with Crippen molar-refractivity contribution in [3.63, 3.8) is 0 Å². The Morgan fingerprint density at radius 2 is 2.05 bits per heavy atom. The van der Waals surface area contributed by atoms with Crippen LogP contribution in [0.25, 0.3) is 0 Å². The fourth-order valence-corrected chi connectivity index (χ4v) is 1.61. The number of nitrogens with zero attached hydrogens (tertiary/aromatic N) is 1. The van der Waals surface area contributed by atoms with E-state index in [-0.39, 0.29) is 17.9 Å². The molecule has 1 heterocycles. The van der Waals surface area contributed by atoms with E-state index in [0.29, 0.717) is 11.8 Å². The second-order valence-corrected chi connectivity index (χ2v) is 4.02. The van der Waals surface area contributed by atoms with Crippen molar-refractivity contribution in [1.29, 1.82) is 0 Å². The van der Waals surface area contributed by atoms with Gasteiger partial charge >= 0.3 is 6.18 Å². The lowest BCUT2D eigenvalue weighted by atomic mass is 10.1. The lowest BCUT2D eigenvalue weighted by Gasteiger charge is -2.14. The zero-order valence-corrected chi connectivity index (χ0v) is 10.2. The first kappa shape index (κ1) is 14.0. The average molecular weight is 281 g/mol. The lowest BCUT2D eigenvalue weighted by molar-refractivity contribution is -0.139. The molecule has 0 radical (unpaired) electrons. The van der Waals surface area contributed by atoms with Crippen LogP contribution in [0, 0.1) is 0 Å². The van der Waals surface area contributed by atoms with Gasteiger partial charge in [0.05, 0.1) is 5.56 Å². The number of aldehydes is 1. The molecule has 0 aliphatic carbocycles. The van der Waals surface area contributed by atoms with Crippen LogP contribution in [-0.2, 0) is 12.8 Å². The zero-order valence-electron chi connectivity index (χ0n) is 10.2. The van der Waals surface area contributed by atoms with E-state index < -0.39 is 11.7 Å². The van der Waals surface area contributed by atoms with Gasteiger partial charge in [0.25, 0.3) is 0 Å². The van der Waals surface area contributed by atoms with Crippen molar-refractivity contribution in [3.8, 4) is 5.75 Å². The van der Waals surface area contributed by atoms with E-state index in [1.807, 2.05) is 0 Å². The quantitative estimate of drug-likeness (QED) is 0.805. The molecule has 0 N–H and O–H groups in total. The van der Waals surface area contributed by atoms with E-state index >= 15 is 0 Å². The molecule has 6 heteroatoms. The smallest absolute Gasteiger partial charge is 0.419 e. The van der Waals surface area contributed by atoms with Crippen LogP contribution >= 0.6 is 0 Å². The standard InChI is InChI=1S/C14H10F3NO2/c15-14(16,17)12-6-10(8-19)3-4-13(12)20-9-11-2-1-5-18-7-11/h1-8H,9H2. The summed E-state index contributed by atoms with van der Waals surface area (Å²) in [5.74, 6) is -0.313. The number of hydrogen-bond acceptors (Lipinski definition) is 3. The molecule has 0 saturated carbocycles. The Hall–Kier alpha value is -2.37. The minimum absolute atomic E-state index is 0.0304. The molecule has 0 atom stereocenters. The maximum Gasteiger partial charge on any atom is 0.419 e. The van der Waals surface area contributed by atoms with Crippen molar-refractivity contribution in [2.24, 2.45) is 0 Å². The van der Waals surface area contributed by atoms with Gasteiger partial charge in [0.2, 0.25) is 0 Å².